The van der Waals surface area contributed by atoms with Crippen molar-refractivity contribution in [3.63, 3.8) is 0 Å². The third kappa shape index (κ3) is 2.45. The largest absolute Gasteiger partial charge is 0.503 e. The summed E-state index contributed by atoms with van der Waals surface area (Å²) in [6.45, 7) is 0. The van der Waals surface area contributed by atoms with Crippen molar-refractivity contribution in [3.8, 4) is 0 Å². The molecular weight excluding hydrogens is 340 g/mol. The van der Waals surface area contributed by atoms with Gasteiger partial charge in [-0.25, -0.2) is 4.98 Å². The number of aliphatic hydroxyl groups is 1. The average Bonchev–Trinajstić information content (AvgIpc) is 3.37. The van der Waals surface area contributed by atoms with Crippen LogP contribution in [0.4, 0.5) is 5.13 Å². The number of furan rings is 1. The van der Waals surface area contributed by atoms with Crippen molar-refractivity contribution >= 4 is 28.2 Å². The number of hydrogen-bond acceptors (Lipinski definition) is 6. The summed E-state index contributed by atoms with van der Waals surface area (Å²) in [5.41, 5.74) is 0.686. The van der Waals surface area contributed by atoms with Crippen molar-refractivity contribution in [2.45, 2.75) is 6.04 Å². The molecule has 4 rings (SSSR count). The number of anilines is 1. The predicted octanol–water partition coefficient (Wildman–Crippen LogP) is 3.52. The molecule has 3 aromatic rings. The number of carbonyl (C=O) groups excluding carboxylic acids is 2. The van der Waals surface area contributed by atoms with Gasteiger partial charge in [-0.05, 0) is 17.7 Å². The van der Waals surface area contributed by atoms with E-state index < -0.39 is 23.5 Å². The maximum Gasteiger partial charge on any atom is 0.296 e. The minimum atomic E-state index is -0.766. The highest BCUT2D eigenvalue weighted by atomic mass is 32.1. The molecule has 1 aliphatic rings. The Balaban J connectivity index is 1.88. The van der Waals surface area contributed by atoms with Crippen molar-refractivity contribution in [1.82, 2.24) is 4.98 Å². The highest BCUT2D eigenvalue weighted by Gasteiger charge is 2.46. The number of ketones is 1. The quantitative estimate of drug-likeness (QED) is 0.726. The summed E-state index contributed by atoms with van der Waals surface area (Å²) in [5.74, 6) is -1.69. The fourth-order valence-corrected chi connectivity index (χ4v) is 3.53. The molecule has 1 aromatic carbocycles. The van der Waals surface area contributed by atoms with Crippen LogP contribution in [0.5, 0.6) is 0 Å². The van der Waals surface area contributed by atoms with Gasteiger partial charge in [-0.15, -0.1) is 11.3 Å². The normalized spacial score (nSPS) is 17.4. The van der Waals surface area contributed by atoms with Crippen molar-refractivity contribution in [1.29, 1.82) is 0 Å². The van der Waals surface area contributed by atoms with E-state index in [0.717, 1.165) is 0 Å². The molecule has 0 saturated heterocycles. The number of rotatable bonds is 4. The van der Waals surface area contributed by atoms with Crippen LogP contribution in [0.1, 0.15) is 22.2 Å². The lowest BCUT2D eigenvalue weighted by Crippen LogP contribution is -2.30. The molecule has 1 amide bonds. The zero-order valence-electron chi connectivity index (χ0n) is 12.8. The van der Waals surface area contributed by atoms with Crippen molar-refractivity contribution in [2.75, 3.05) is 4.90 Å². The predicted molar refractivity (Wildman–Crippen MR) is 91.5 cm³/mol. The van der Waals surface area contributed by atoms with E-state index in [0.29, 0.717) is 10.7 Å². The minimum absolute atomic E-state index is 0.0126. The van der Waals surface area contributed by atoms with Crippen LogP contribution in [0.3, 0.4) is 0 Å². The van der Waals surface area contributed by atoms with Crippen LogP contribution in [0.25, 0.3) is 0 Å². The zero-order chi connectivity index (χ0) is 17.4. The first kappa shape index (κ1) is 15.3. The van der Waals surface area contributed by atoms with Crippen LogP contribution in [0, 0.1) is 0 Å². The fourth-order valence-electron chi connectivity index (χ4n) is 2.86. The summed E-state index contributed by atoms with van der Waals surface area (Å²) in [4.78, 5) is 31.0. The number of Topliss-reactive ketones (excluding diaryl/α,β-unsaturated/α-hetero) is 1. The Morgan fingerprint density at radius 3 is 2.64 bits per heavy atom. The molecule has 0 fully saturated rings. The van der Waals surface area contributed by atoms with Gasteiger partial charge in [0.05, 0.1) is 17.9 Å². The Hall–Kier alpha value is -3.19. The standard InChI is InChI=1S/C18H12N2O4S/c21-15(12-7-4-9-24-12)13-14(11-5-2-1-3-6-11)20(17(23)16(13)22)18-19-8-10-25-18/h1-10,14,22H. The van der Waals surface area contributed by atoms with E-state index >= 15 is 0 Å². The smallest absolute Gasteiger partial charge is 0.296 e. The van der Waals surface area contributed by atoms with Crippen molar-refractivity contribution in [3.05, 3.63) is 83.0 Å². The van der Waals surface area contributed by atoms with Gasteiger partial charge in [0.1, 0.15) is 0 Å². The van der Waals surface area contributed by atoms with E-state index in [2.05, 4.69) is 4.98 Å². The highest BCUT2D eigenvalue weighted by Crippen LogP contribution is 2.42. The van der Waals surface area contributed by atoms with Crippen molar-refractivity contribution < 1.29 is 19.1 Å². The van der Waals surface area contributed by atoms with E-state index in [4.69, 9.17) is 4.42 Å². The molecule has 1 unspecified atom stereocenters. The number of amides is 1. The number of aromatic nitrogens is 1. The lowest BCUT2D eigenvalue weighted by molar-refractivity contribution is -0.117. The van der Waals surface area contributed by atoms with E-state index in [1.54, 1.807) is 29.8 Å². The number of benzene rings is 1. The second-order valence-electron chi connectivity index (χ2n) is 5.37. The molecule has 7 heteroatoms. The Morgan fingerprint density at radius 1 is 1.20 bits per heavy atom. The molecule has 6 nitrogen and oxygen atoms in total. The lowest BCUT2D eigenvalue weighted by atomic mass is 9.95. The maximum atomic E-state index is 12.9. The molecule has 0 radical (unpaired) electrons. The summed E-state index contributed by atoms with van der Waals surface area (Å²) in [7, 11) is 0. The molecule has 1 aliphatic heterocycles. The number of hydrogen-bond donors (Lipinski definition) is 1. The topological polar surface area (TPSA) is 83.6 Å². The number of aliphatic hydroxyl groups excluding tert-OH is 1. The lowest BCUT2D eigenvalue weighted by Gasteiger charge is -2.24. The summed E-state index contributed by atoms with van der Waals surface area (Å²) < 4.78 is 5.16. The summed E-state index contributed by atoms with van der Waals surface area (Å²) in [6.07, 6.45) is 2.94. The van der Waals surface area contributed by atoms with Gasteiger partial charge >= 0.3 is 0 Å². The van der Waals surface area contributed by atoms with E-state index in [-0.39, 0.29) is 11.3 Å². The molecule has 0 aliphatic carbocycles. The van der Waals surface area contributed by atoms with Gasteiger partial charge in [0.25, 0.3) is 5.91 Å². The first-order chi connectivity index (χ1) is 12.2. The zero-order valence-corrected chi connectivity index (χ0v) is 13.6. The SMILES string of the molecule is O=C(C1=C(O)C(=O)N(c2nccs2)C1c1ccccc1)c1ccco1. The molecule has 1 atom stereocenters. The molecular formula is C18H12N2O4S. The second kappa shape index (κ2) is 6.03. The molecule has 25 heavy (non-hydrogen) atoms. The van der Waals surface area contributed by atoms with Crippen LogP contribution < -0.4 is 4.90 Å². The molecule has 124 valence electrons. The highest BCUT2D eigenvalue weighted by molar-refractivity contribution is 7.13. The fraction of sp³-hybridized carbons (Fsp3) is 0.0556. The summed E-state index contributed by atoms with van der Waals surface area (Å²) in [5, 5.41) is 12.6. The molecule has 0 saturated carbocycles. The van der Waals surface area contributed by atoms with Gasteiger partial charge in [-0.2, -0.15) is 0 Å². The Kier molecular flexibility index (Phi) is 3.70. The van der Waals surface area contributed by atoms with Crippen LogP contribution in [0.15, 0.2) is 76.1 Å². The second-order valence-corrected chi connectivity index (χ2v) is 6.24. The average molecular weight is 352 g/mol. The monoisotopic (exact) mass is 352 g/mol. The van der Waals surface area contributed by atoms with Crippen LogP contribution in [0.2, 0.25) is 0 Å². The number of nitrogens with zero attached hydrogens (tertiary/aromatic N) is 2. The summed E-state index contributed by atoms with van der Waals surface area (Å²) in [6, 6.07) is 11.4. The Bertz CT molecular complexity index is 946. The minimum Gasteiger partial charge on any atom is -0.503 e. The summed E-state index contributed by atoms with van der Waals surface area (Å²) >= 11 is 1.26. The molecule has 3 heterocycles. The number of thiazole rings is 1. The maximum absolute atomic E-state index is 12.9. The van der Waals surface area contributed by atoms with Gasteiger partial charge in [0, 0.05) is 11.6 Å². The van der Waals surface area contributed by atoms with Gasteiger partial charge in [-0.1, -0.05) is 30.3 Å². The van der Waals surface area contributed by atoms with Crippen molar-refractivity contribution in [2.24, 2.45) is 0 Å². The van der Waals surface area contributed by atoms with Gasteiger partial charge in [0.2, 0.25) is 5.78 Å². The molecule has 1 N–H and O–H groups in total. The van der Waals surface area contributed by atoms with Crippen LogP contribution in [-0.4, -0.2) is 21.8 Å². The van der Waals surface area contributed by atoms with Gasteiger partial charge in [-0.3, -0.25) is 14.5 Å². The third-order valence-corrected chi connectivity index (χ3v) is 4.71. The first-order valence-corrected chi connectivity index (χ1v) is 8.36. The Morgan fingerprint density at radius 2 is 2.00 bits per heavy atom. The van der Waals surface area contributed by atoms with E-state index in [1.807, 2.05) is 18.2 Å². The molecule has 2 aromatic heterocycles. The van der Waals surface area contributed by atoms with Crippen LogP contribution >= 0.6 is 11.3 Å². The first-order valence-electron chi connectivity index (χ1n) is 7.48. The molecule has 0 spiro atoms. The number of carbonyl (C=O) groups is 2. The van der Waals surface area contributed by atoms with Crippen LogP contribution in [-0.2, 0) is 4.79 Å². The van der Waals surface area contributed by atoms with Gasteiger partial charge < -0.3 is 9.52 Å². The third-order valence-electron chi connectivity index (χ3n) is 3.94. The van der Waals surface area contributed by atoms with Gasteiger partial charge in [0.15, 0.2) is 16.7 Å². The van der Waals surface area contributed by atoms with E-state index in [1.165, 1.54) is 28.6 Å². The van der Waals surface area contributed by atoms with E-state index in [9.17, 15) is 14.7 Å². The molecule has 0 bridgehead atoms. The Labute approximate surface area is 146 Å².